The fourth-order valence-electron chi connectivity index (χ4n) is 3.04. The first kappa shape index (κ1) is 14.7. The van der Waals surface area contributed by atoms with Crippen molar-refractivity contribution in [3.05, 3.63) is 75.6 Å². The maximum atomic E-state index is 5.74. The molecule has 0 aliphatic heterocycles. The van der Waals surface area contributed by atoms with Crippen LogP contribution in [0.1, 0.15) is 10.4 Å². The topological polar surface area (TPSA) is 9.23 Å². The largest absolute Gasteiger partial charge is 0.496 e. The third kappa shape index (κ3) is 2.64. The molecule has 0 N–H and O–H groups in total. The Morgan fingerprint density at radius 1 is 0.957 bits per heavy atom. The minimum absolute atomic E-state index is 0.881. The minimum Gasteiger partial charge on any atom is -0.496 e. The van der Waals surface area contributed by atoms with Crippen molar-refractivity contribution in [3.8, 4) is 5.75 Å². The Labute approximate surface area is 147 Å². The Morgan fingerprint density at radius 2 is 1.70 bits per heavy atom. The zero-order chi connectivity index (χ0) is 15.8. The van der Waals surface area contributed by atoms with Crippen LogP contribution in [0.3, 0.4) is 0 Å². The van der Waals surface area contributed by atoms with Crippen LogP contribution < -0.4 is 4.74 Å². The third-order valence-corrected chi connectivity index (χ3v) is 5.84. The maximum Gasteiger partial charge on any atom is 0.130 e. The van der Waals surface area contributed by atoms with Gasteiger partial charge >= 0.3 is 0 Å². The summed E-state index contributed by atoms with van der Waals surface area (Å²) in [6.07, 6.45) is 0.881. The molecular formula is C20H15BrOS. The average molecular weight is 383 g/mol. The van der Waals surface area contributed by atoms with Gasteiger partial charge in [-0.15, -0.1) is 11.3 Å². The first-order valence-electron chi connectivity index (χ1n) is 7.48. The first-order chi connectivity index (χ1) is 11.3. The van der Waals surface area contributed by atoms with Crippen LogP contribution in [0.15, 0.2) is 65.1 Å². The third-order valence-electron chi connectivity index (χ3n) is 4.07. The van der Waals surface area contributed by atoms with Crippen LogP contribution in [0.4, 0.5) is 0 Å². The highest BCUT2D eigenvalue weighted by molar-refractivity contribution is 9.10. The summed E-state index contributed by atoms with van der Waals surface area (Å²) >= 11 is 5.56. The van der Waals surface area contributed by atoms with Crippen LogP contribution in [0, 0.1) is 0 Å². The molecule has 0 aliphatic carbocycles. The highest BCUT2D eigenvalue weighted by atomic mass is 79.9. The highest BCUT2D eigenvalue weighted by Crippen LogP contribution is 2.37. The van der Waals surface area contributed by atoms with E-state index in [1.165, 1.54) is 25.9 Å². The quantitative estimate of drug-likeness (QED) is 0.397. The van der Waals surface area contributed by atoms with E-state index in [1.54, 1.807) is 7.11 Å². The van der Waals surface area contributed by atoms with Crippen LogP contribution in [-0.4, -0.2) is 7.11 Å². The Hall–Kier alpha value is -1.84. The minimum atomic E-state index is 0.881. The molecule has 0 aliphatic rings. The summed E-state index contributed by atoms with van der Waals surface area (Å²) in [7, 11) is 1.75. The van der Waals surface area contributed by atoms with Gasteiger partial charge in [-0.3, -0.25) is 0 Å². The average Bonchev–Trinajstić information content (AvgIpc) is 2.97. The second-order valence-electron chi connectivity index (χ2n) is 5.52. The Bertz CT molecular complexity index is 970. The lowest BCUT2D eigenvalue weighted by Crippen LogP contribution is -1.94. The smallest absolute Gasteiger partial charge is 0.130 e. The van der Waals surface area contributed by atoms with Crippen molar-refractivity contribution in [1.82, 2.24) is 0 Å². The summed E-state index contributed by atoms with van der Waals surface area (Å²) < 4.78 is 8.19. The molecule has 0 saturated carbocycles. The molecule has 0 fully saturated rings. The number of fused-ring (bicyclic) bond motifs is 2. The van der Waals surface area contributed by atoms with E-state index >= 15 is 0 Å². The lowest BCUT2D eigenvalue weighted by atomic mass is 10.0. The van der Waals surface area contributed by atoms with Crippen molar-refractivity contribution in [2.24, 2.45) is 0 Å². The molecule has 23 heavy (non-hydrogen) atoms. The fourth-order valence-corrected chi connectivity index (χ4v) is 4.75. The van der Waals surface area contributed by atoms with E-state index in [-0.39, 0.29) is 0 Å². The zero-order valence-corrected chi connectivity index (χ0v) is 15.1. The molecule has 1 nitrogen and oxygen atoms in total. The van der Waals surface area contributed by atoms with E-state index in [0.29, 0.717) is 0 Å². The van der Waals surface area contributed by atoms with Gasteiger partial charge in [0.2, 0.25) is 0 Å². The molecule has 4 aromatic rings. The SMILES string of the molecule is COc1c(Cc2cc3ccccc3s2)cc(Br)c2ccccc12. The molecule has 1 aromatic heterocycles. The Kier molecular flexibility index (Phi) is 3.83. The van der Waals surface area contributed by atoms with Gasteiger partial charge in [0.25, 0.3) is 0 Å². The van der Waals surface area contributed by atoms with Gasteiger partial charge in [0.05, 0.1) is 7.11 Å². The Morgan fingerprint density at radius 3 is 2.48 bits per heavy atom. The molecule has 3 aromatic carbocycles. The van der Waals surface area contributed by atoms with Crippen molar-refractivity contribution < 1.29 is 4.74 Å². The number of hydrogen-bond donors (Lipinski definition) is 0. The van der Waals surface area contributed by atoms with Gasteiger partial charge in [-0.1, -0.05) is 58.4 Å². The summed E-state index contributed by atoms with van der Waals surface area (Å²) in [5.74, 6) is 0.973. The number of ether oxygens (including phenoxy) is 1. The summed E-state index contributed by atoms with van der Waals surface area (Å²) in [6.45, 7) is 0. The summed E-state index contributed by atoms with van der Waals surface area (Å²) in [6, 6.07) is 21.3. The summed E-state index contributed by atoms with van der Waals surface area (Å²) in [5, 5.41) is 3.65. The predicted octanol–water partition coefficient (Wildman–Crippen LogP) is 6.42. The van der Waals surface area contributed by atoms with Crippen LogP contribution in [-0.2, 0) is 6.42 Å². The second kappa shape index (κ2) is 5.99. The Balaban J connectivity index is 1.84. The molecule has 3 heteroatoms. The highest BCUT2D eigenvalue weighted by Gasteiger charge is 2.13. The standard InChI is InChI=1S/C20H15BrOS/c1-22-20-14(12-18(21)16-7-3-4-8-17(16)20)11-15-10-13-6-2-5-9-19(13)23-15/h2-10,12H,11H2,1H3. The molecule has 0 amide bonds. The van der Waals surface area contributed by atoms with Crippen molar-refractivity contribution in [1.29, 1.82) is 0 Å². The summed E-state index contributed by atoms with van der Waals surface area (Å²) in [4.78, 5) is 1.35. The summed E-state index contributed by atoms with van der Waals surface area (Å²) in [5.41, 5.74) is 1.21. The lowest BCUT2D eigenvalue weighted by Gasteiger charge is -2.13. The van der Waals surface area contributed by atoms with Crippen LogP contribution in [0.5, 0.6) is 5.75 Å². The van der Waals surface area contributed by atoms with Gasteiger partial charge in [-0.2, -0.15) is 0 Å². The van der Waals surface area contributed by atoms with E-state index in [0.717, 1.165) is 22.0 Å². The van der Waals surface area contributed by atoms with Gasteiger partial charge < -0.3 is 4.74 Å². The number of benzene rings is 3. The van der Waals surface area contributed by atoms with E-state index in [9.17, 15) is 0 Å². The molecule has 0 radical (unpaired) electrons. The number of thiophene rings is 1. The lowest BCUT2D eigenvalue weighted by molar-refractivity contribution is 0.415. The maximum absolute atomic E-state index is 5.74. The van der Waals surface area contributed by atoms with E-state index in [1.807, 2.05) is 11.3 Å². The van der Waals surface area contributed by atoms with E-state index < -0.39 is 0 Å². The molecule has 1 heterocycles. The molecule has 4 rings (SSSR count). The van der Waals surface area contributed by atoms with Gasteiger partial charge in [-0.05, 0) is 29.0 Å². The molecule has 0 atom stereocenters. The fraction of sp³-hybridized carbons (Fsp3) is 0.100. The molecular weight excluding hydrogens is 368 g/mol. The van der Waals surface area contributed by atoms with Crippen LogP contribution >= 0.6 is 27.3 Å². The number of rotatable bonds is 3. The number of methoxy groups -OCH3 is 1. The molecule has 114 valence electrons. The van der Waals surface area contributed by atoms with Crippen molar-refractivity contribution in [3.63, 3.8) is 0 Å². The van der Waals surface area contributed by atoms with Crippen LogP contribution in [0.25, 0.3) is 20.9 Å². The predicted molar refractivity (Wildman–Crippen MR) is 103 cm³/mol. The molecule has 0 spiro atoms. The van der Waals surface area contributed by atoms with E-state index in [2.05, 4.69) is 76.6 Å². The number of halogens is 1. The van der Waals surface area contributed by atoms with Gasteiger partial charge in [0, 0.05) is 31.4 Å². The van der Waals surface area contributed by atoms with Gasteiger partial charge in [0.15, 0.2) is 0 Å². The second-order valence-corrected chi connectivity index (χ2v) is 7.55. The normalized spacial score (nSPS) is 11.2. The van der Waals surface area contributed by atoms with Crippen molar-refractivity contribution in [2.75, 3.05) is 7.11 Å². The number of hydrogen-bond acceptors (Lipinski definition) is 2. The van der Waals surface area contributed by atoms with E-state index in [4.69, 9.17) is 4.74 Å². The van der Waals surface area contributed by atoms with Crippen molar-refractivity contribution >= 4 is 48.1 Å². The van der Waals surface area contributed by atoms with Crippen LogP contribution in [0.2, 0.25) is 0 Å². The van der Waals surface area contributed by atoms with Crippen molar-refractivity contribution in [2.45, 2.75) is 6.42 Å². The first-order valence-corrected chi connectivity index (χ1v) is 9.09. The molecule has 0 saturated heterocycles. The molecule has 0 unspecified atom stereocenters. The van der Waals surface area contributed by atoms with Gasteiger partial charge in [-0.25, -0.2) is 0 Å². The monoisotopic (exact) mass is 382 g/mol. The van der Waals surface area contributed by atoms with Gasteiger partial charge in [0.1, 0.15) is 5.75 Å². The zero-order valence-electron chi connectivity index (χ0n) is 12.7. The molecule has 0 bridgehead atoms.